The first-order valence-electron chi connectivity index (χ1n) is 11.4. The minimum Gasteiger partial charge on any atom is -0.339 e. The lowest BCUT2D eigenvalue weighted by Crippen LogP contribution is -2.26. The van der Waals surface area contributed by atoms with Crippen molar-refractivity contribution in [2.45, 2.75) is 19.3 Å². The lowest BCUT2D eigenvalue weighted by atomic mass is 9.86. The van der Waals surface area contributed by atoms with E-state index >= 15 is 0 Å². The van der Waals surface area contributed by atoms with Crippen LogP contribution in [0.15, 0.2) is 72.9 Å². The average molecular weight is 533 g/mol. The Morgan fingerprint density at radius 2 is 1.65 bits per heavy atom. The van der Waals surface area contributed by atoms with Crippen LogP contribution in [0.1, 0.15) is 29.8 Å². The van der Waals surface area contributed by atoms with Gasteiger partial charge in [0.15, 0.2) is 5.82 Å². The highest BCUT2D eigenvalue weighted by atomic mass is 35.5. The van der Waals surface area contributed by atoms with Gasteiger partial charge in [-0.1, -0.05) is 35.3 Å². The van der Waals surface area contributed by atoms with Crippen LogP contribution in [0.5, 0.6) is 0 Å². The molecule has 0 radical (unpaired) electrons. The van der Waals surface area contributed by atoms with Crippen molar-refractivity contribution >= 4 is 69.5 Å². The summed E-state index contributed by atoms with van der Waals surface area (Å²) in [5.41, 5.74) is 3.50. The van der Waals surface area contributed by atoms with Gasteiger partial charge >= 0.3 is 0 Å². The number of benzene rings is 3. The van der Waals surface area contributed by atoms with Gasteiger partial charge in [-0.3, -0.25) is 9.59 Å². The molecule has 4 N–H and O–H groups in total. The summed E-state index contributed by atoms with van der Waals surface area (Å²) >= 11 is 12.5. The van der Waals surface area contributed by atoms with Gasteiger partial charge in [-0.15, -0.1) is 0 Å². The number of nitrogens with zero attached hydrogens (tertiary/aromatic N) is 2. The van der Waals surface area contributed by atoms with Crippen LogP contribution < -0.4 is 21.3 Å². The molecule has 1 aromatic heterocycles. The Morgan fingerprint density at radius 3 is 2.41 bits per heavy atom. The standard InChI is InChI=1S/C27H22Cl2N6O2/c1-27(2)18-13-17(11-12-21(18)34-25(27)37)32-26-30-14-20(29)23(35-26)31-16-9-7-15(8-10-16)24(36)33-22-6-4-3-5-19(22)28/h3-14H,1-2H3,(H,33,36)(H,34,37)(H2,30,31,32,35). The number of carbonyl (C=O) groups is 2. The molecule has 0 spiro atoms. The predicted molar refractivity (Wildman–Crippen MR) is 148 cm³/mol. The van der Waals surface area contributed by atoms with Crippen LogP contribution >= 0.6 is 23.2 Å². The Labute approximate surface area is 223 Å². The fraction of sp³-hybridized carbons (Fsp3) is 0.111. The van der Waals surface area contributed by atoms with Crippen LogP contribution in [-0.2, 0) is 10.2 Å². The second-order valence-electron chi connectivity index (χ2n) is 8.99. The first-order chi connectivity index (χ1) is 17.7. The molecule has 0 bridgehead atoms. The van der Waals surface area contributed by atoms with Crippen molar-refractivity contribution < 1.29 is 9.59 Å². The summed E-state index contributed by atoms with van der Waals surface area (Å²) in [6.45, 7) is 3.76. The minimum absolute atomic E-state index is 0.0405. The van der Waals surface area contributed by atoms with Crippen LogP contribution in [-0.4, -0.2) is 21.8 Å². The van der Waals surface area contributed by atoms with E-state index in [1.807, 2.05) is 32.0 Å². The summed E-state index contributed by atoms with van der Waals surface area (Å²) in [6.07, 6.45) is 1.49. The van der Waals surface area contributed by atoms with Crippen LogP contribution in [0.3, 0.4) is 0 Å². The van der Waals surface area contributed by atoms with Crippen LogP contribution in [0, 0.1) is 0 Å². The molecule has 0 atom stereocenters. The van der Waals surface area contributed by atoms with Crippen molar-refractivity contribution in [3.05, 3.63) is 94.1 Å². The first kappa shape index (κ1) is 24.5. The van der Waals surface area contributed by atoms with Crippen molar-refractivity contribution in [1.82, 2.24) is 9.97 Å². The number of hydrogen-bond donors (Lipinski definition) is 4. The number of aromatic nitrogens is 2. The van der Waals surface area contributed by atoms with Crippen molar-refractivity contribution in [2.75, 3.05) is 21.3 Å². The second-order valence-corrected chi connectivity index (χ2v) is 9.81. The van der Waals surface area contributed by atoms with E-state index < -0.39 is 5.41 Å². The predicted octanol–water partition coefficient (Wildman–Crippen LogP) is 6.75. The molecule has 1 aliphatic rings. The lowest BCUT2D eigenvalue weighted by molar-refractivity contribution is -0.119. The average Bonchev–Trinajstić information content (AvgIpc) is 3.11. The Kier molecular flexibility index (Phi) is 6.45. The van der Waals surface area contributed by atoms with Crippen LogP contribution in [0.4, 0.5) is 34.5 Å². The molecule has 186 valence electrons. The molecule has 0 saturated heterocycles. The second kappa shape index (κ2) is 9.72. The molecule has 3 aromatic carbocycles. The molecule has 0 fully saturated rings. The van der Waals surface area contributed by atoms with Gasteiger partial charge in [0.1, 0.15) is 5.02 Å². The van der Waals surface area contributed by atoms with E-state index in [9.17, 15) is 9.59 Å². The molecular weight excluding hydrogens is 511 g/mol. The third kappa shape index (κ3) is 5.07. The fourth-order valence-electron chi connectivity index (χ4n) is 3.89. The fourth-order valence-corrected chi connectivity index (χ4v) is 4.21. The maximum absolute atomic E-state index is 12.6. The van der Waals surface area contributed by atoms with Gasteiger partial charge in [0.25, 0.3) is 5.91 Å². The topological polar surface area (TPSA) is 108 Å². The smallest absolute Gasteiger partial charge is 0.255 e. The number of rotatable bonds is 6. The summed E-state index contributed by atoms with van der Waals surface area (Å²) in [4.78, 5) is 33.6. The van der Waals surface area contributed by atoms with Gasteiger partial charge in [-0.25, -0.2) is 4.98 Å². The third-order valence-corrected chi connectivity index (χ3v) is 6.65. The normalized spacial score (nSPS) is 13.5. The highest BCUT2D eigenvalue weighted by molar-refractivity contribution is 6.34. The maximum Gasteiger partial charge on any atom is 0.255 e. The van der Waals surface area contributed by atoms with Gasteiger partial charge in [-0.2, -0.15) is 4.98 Å². The number of anilines is 6. The maximum atomic E-state index is 12.6. The summed E-state index contributed by atoms with van der Waals surface area (Å²) in [6, 6.07) is 19.5. The van der Waals surface area contributed by atoms with Gasteiger partial charge in [0.2, 0.25) is 11.9 Å². The Morgan fingerprint density at radius 1 is 0.919 bits per heavy atom. The number of amides is 2. The Bertz CT molecular complexity index is 1520. The summed E-state index contributed by atoms with van der Waals surface area (Å²) in [5.74, 6) is 0.408. The molecule has 8 nitrogen and oxygen atoms in total. The summed E-state index contributed by atoms with van der Waals surface area (Å²) < 4.78 is 0. The quantitative estimate of drug-likeness (QED) is 0.218. The van der Waals surface area contributed by atoms with E-state index in [2.05, 4.69) is 31.2 Å². The highest BCUT2D eigenvalue weighted by Crippen LogP contribution is 2.39. The molecule has 2 heterocycles. The van der Waals surface area contributed by atoms with Crippen LogP contribution in [0.25, 0.3) is 0 Å². The number of halogens is 2. The molecule has 1 aliphatic heterocycles. The summed E-state index contributed by atoms with van der Waals surface area (Å²) in [7, 11) is 0. The molecule has 2 amide bonds. The van der Waals surface area contributed by atoms with E-state index in [0.717, 1.165) is 16.9 Å². The van der Waals surface area contributed by atoms with E-state index in [1.54, 1.807) is 48.5 Å². The molecule has 0 aliphatic carbocycles. The number of hydrogen-bond acceptors (Lipinski definition) is 6. The highest BCUT2D eigenvalue weighted by Gasteiger charge is 2.38. The zero-order chi connectivity index (χ0) is 26.2. The molecule has 37 heavy (non-hydrogen) atoms. The molecule has 0 unspecified atom stereocenters. The lowest BCUT2D eigenvalue weighted by Gasteiger charge is -2.16. The summed E-state index contributed by atoms with van der Waals surface area (Å²) in [5, 5.41) is 12.8. The zero-order valence-electron chi connectivity index (χ0n) is 19.9. The van der Waals surface area contributed by atoms with Gasteiger partial charge < -0.3 is 21.3 Å². The molecule has 4 aromatic rings. The molecular formula is C27H22Cl2N6O2. The molecule has 0 saturated carbocycles. The van der Waals surface area contributed by atoms with Crippen molar-refractivity contribution in [2.24, 2.45) is 0 Å². The Hall–Kier alpha value is -4.14. The van der Waals surface area contributed by atoms with E-state index in [1.165, 1.54) is 6.20 Å². The Balaban J connectivity index is 1.29. The van der Waals surface area contributed by atoms with E-state index in [4.69, 9.17) is 23.2 Å². The number of nitrogens with one attached hydrogen (secondary N) is 4. The SMILES string of the molecule is CC1(C)C(=O)Nc2ccc(Nc3ncc(Cl)c(Nc4ccc(C(=O)Nc5ccccc5Cl)cc4)n3)cc21. The van der Waals surface area contributed by atoms with Gasteiger partial charge in [0, 0.05) is 22.6 Å². The van der Waals surface area contributed by atoms with Gasteiger partial charge in [-0.05, 0) is 74.0 Å². The zero-order valence-corrected chi connectivity index (χ0v) is 21.4. The monoisotopic (exact) mass is 532 g/mol. The number of carbonyl (C=O) groups excluding carboxylic acids is 2. The minimum atomic E-state index is -0.628. The van der Waals surface area contributed by atoms with E-state index in [-0.39, 0.29) is 11.8 Å². The number of para-hydroxylation sites is 1. The van der Waals surface area contributed by atoms with Gasteiger partial charge in [0.05, 0.1) is 22.3 Å². The molecule has 5 rings (SSSR count). The van der Waals surface area contributed by atoms with Crippen molar-refractivity contribution in [3.8, 4) is 0 Å². The third-order valence-electron chi connectivity index (χ3n) is 6.04. The van der Waals surface area contributed by atoms with Crippen molar-refractivity contribution in [1.29, 1.82) is 0 Å². The first-order valence-corrected chi connectivity index (χ1v) is 12.1. The van der Waals surface area contributed by atoms with Crippen LogP contribution in [0.2, 0.25) is 10.0 Å². The van der Waals surface area contributed by atoms with Crippen molar-refractivity contribution in [3.63, 3.8) is 0 Å². The molecule has 10 heteroatoms. The number of fused-ring (bicyclic) bond motifs is 1. The largest absolute Gasteiger partial charge is 0.339 e. The van der Waals surface area contributed by atoms with E-state index in [0.29, 0.717) is 38.7 Å².